The first-order chi connectivity index (χ1) is 7.96. The second-order valence-corrected chi connectivity index (χ2v) is 4.43. The van der Waals surface area contributed by atoms with Crippen molar-refractivity contribution in [1.82, 2.24) is 0 Å². The summed E-state index contributed by atoms with van der Waals surface area (Å²) in [5, 5.41) is 0. The van der Waals surface area contributed by atoms with Crippen LogP contribution in [0.4, 0.5) is 0 Å². The van der Waals surface area contributed by atoms with Gasteiger partial charge in [0.05, 0.1) is 19.3 Å². The van der Waals surface area contributed by atoms with Crippen molar-refractivity contribution in [3.05, 3.63) is 24.8 Å². The molecule has 4 heteroatoms. The van der Waals surface area contributed by atoms with Crippen molar-refractivity contribution in [2.24, 2.45) is 0 Å². The fraction of sp³-hybridized carbons (Fsp3) is 0.615. The molecule has 1 fully saturated rings. The first-order valence-corrected chi connectivity index (χ1v) is 5.69. The van der Waals surface area contributed by atoms with E-state index < -0.39 is 5.79 Å². The van der Waals surface area contributed by atoms with Gasteiger partial charge < -0.3 is 14.2 Å². The van der Waals surface area contributed by atoms with Crippen LogP contribution in [0.2, 0.25) is 0 Å². The molecule has 0 unspecified atom stereocenters. The van der Waals surface area contributed by atoms with Crippen LogP contribution in [-0.4, -0.2) is 31.1 Å². The minimum absolute atomic E-state index is 0.00437. The van der Waals surface area contributed by atoms with Gasteiger partial charge in [-0.15, -0.1) is 6.58 Å². The van der Waals surface area contributed by atoms with Crippen molar-refractivity contribution in [2.45, 2.75) is 44.7 Å². The average molecular weight is 240 g/mol. The van der Waals surface area contributed by atoms with Crippen LogP contribution in [0.3, 0.4) is 0 Å². The number of hydrogen-bond acceptors (Lipinski definition) is 4. The van der Waals surface area contributed by atoms with Crippen LogP contribution in [0.25, 0.3) is 0 Å². The van der Waals surface area contributed by atoms with Gasteiger partial charge in [-0.05, 0) is 20.3 Å². The molecule has 1 rings (SSSR count). The maximum absolute atomic E-state index is 10.9. The van der Waals surface area contributed by atoms with Gasteiger partial charge in [0.15, 0.2) is 5.79 Å². The summed E-state index contributed by atoms with van der Waals surface area (Å²) >= 11 is 0. The summed E-state index contributed by atoms with van der Waals surface area (Å²) < 4.78 is 15.9. The summed E-state index contributed by atoms with van der Waals surface area (Å²) in [5.74, 6) is -0.961. The normalized spacial score (nSPS) is 27.9. The Labute approximate surface area is 102 Å². The molecule has 1 aliphatic rings. The molecule has 1 aliphatic heterocycles. The summed E-state index contributed by atoms with van der Waals surface area (Å²) in [5.41, 5.74) is 0. The zero-order valence-corrected chi connectivity index (χ0v) is 10.6. The Kier molecular flexibility index (Phi) is 4.90. The second-order valence-electron chi connectivity index (χ2n) is 4.43. The Morgan fingerprint density at radius 2 is 2.24 bits per heavy atom. The van der Waals surface area contributed by atoms with Crippen LogP contribution in [-0.2, 0) is 19.0 Å². The molecule has 0 saturated carbocycles. The number of hydrogen-bond donors (Lipinski definition) is 0. The molecular formula is C13H20O4. The fourth-order valence-electron chi connectivity index (χ4n) is 1.82. The van der Waals surface area contributed by atoms with Gasteiger partial charge in [0, 0.05) is 12.5 Å². The van der Waals surface area contributed by atoms with E-state index in [4.69, 9.17) is 9.47 Å². The first-order valence-electron chi connectivity index (χ1n) is 5.69. The number of ether oxygens (including phenoxy) is 3. The lowest BCUT2D eigenvalue weighted by molar-refractivity contribution is -0.289. The minimum Gasteiger partial charge on any atom is -0.466 e. The number of carbonyl (C=O) groups excluding carboxylic acids is 1. The molecule has 0 aromatic carbocycles. The highest BCUT2D eigenvalue weighted by Crippen LogP contribution is 2.28. The Balaban J connectivity index is 2.50. The van der Waals surface area contributed by atoms with Gasteiger partial charge >= 0.3 is 5.97 Å². The van der Waals surface area contributed by atoms with Crippen LogP contribution in [0.1, 0.15) is 26.7 Å². The van der Waals surface area contributed by atoms with E-state index in [0.717, 1.165) is 6.42 Å². The number of esters is 1. The van der Waals surface area contributed by atoms with Crippen molar-refractivity contribution in [2.75, 3.05) is 7.11 Å². The lowest BCUT2D eigenvalue weighted by Gasteiger charge is -2.39. The molecule has 1 saturated heterocycles. The van der Waals surface area contributed by atoms with Crippen molar-refractivity contribution in [1.29, 1.82) is 0 Å². The molecule has 17 heavy (non-hydrogen) atoms. The van der Waals surface area contributed by atoms with Gasteiger partial charge in [0.25, 0.3) is 0 Å². The van der Waals surface area contributed by atoms with Crippen molar-refractivity contribution in [3.8, 4) is 0 Å². The van der Waals surface area contributed by atoms with Gasteiger partial charge in [-0.2, -0.15) is 0 Å². The summed E-state index contributed by atoms with van der Waals surface area (Å²) in [6.45, 7) is 7.48. The largest absolute Gasteiger partial charge is 0.466 e. The zero-order valence-electron chi connectivity index (χ0n) is 10.6. The van der Waals surface area contributed by atoms with E-state index in [1.807, 2.05) is 13.8 Å². The summed E-state index contributed by atoms with van der Waals surface area (Å²) in [6.07, 6.45) is 6.39. The van der Waals surface area contributed by atoms with Crippen LogP contribution in [0.15, 0.2) is 24.8 Å². The summed E-state index contributed by atoms with van der Waals surface area (Å²) in [6, 6.07) is 0. The van der Waals surface area contributed by atoms with E-state index in [1.54, 1.807) is 12.2 Å². The number of rotatable bonds is 4. The maximum Gasteiger partial charge on any atom is 0.330 e. The Bertz CT molecular complexity index is 307. The Morgan fingerprint density at radius 1 is 1.53 bits per heavy atom. The van der Waals surface area contributed by atoms with Crippen LogP contribution in [0.5, 0.6) is 0 Å². The lowest BCUT2D eigenvalue weighted by Crippen LogP contribution is -2.43. The fourth-order valence-corrected chi connectivity index (χ4v) is 1.82. The molecule has 96 valence electrons. The number of methoxy groups -OCH3 is 1. The SMILES string of the molecule is C=C[C@H]1C[C@@H](C/C=C\C(=O)OC)OC(C)(C)O1. The lowest BCUT2D eigenvalue weighted by atomic mass is 10.1. The molecule has 0 aromatic rings. The highest BCUT2D eigenvalue weighted by Gasteiger charge is 2.33. The molecule has 0 N–H and O–H groups in total. The van der Waals surface area contributed by atoms with E-state index in [1.165, 1.54) is 13.2 Å². The van der Waals surface area contributed by atoms with E-state index in [2.05, 4.69) is 11.3 Å². The topological polar surface area (TPSA) is 44.8 Å². The number of carbonyl (C=O) groups is 1. The standard InChI is InChI=1S/C13H20O4/c1-5-10-9-11(17-13(2,3)16-10)7-6-8-12(14)15-4/h5-6,8,10-11H,1,7,9H2,2-4H3/b8-6-/t10-,11+/m0/s1. The van der Waals surface area contributed by atoms with Gasteiger partial charge in [-0.1, -0.05) is 12.2 Å². The molecule has 0 radical (unpaired) electrons. The predicted octanol–water partition coefficient (Wildman–Crippen LogP) is 2.20. The molecule has 4 nitrogen and oxygen atoms in total. The van der Waals surface area contributed by atoms with E-state index in [9.17, 15) is 4.79 Å². The average Bonchev–Trinajstić information content (AvgIpc) is 2.26. The van der Waals surface area contributed by atoms with E-state index in [0.29, 0.717) is 6.42 Å². The summed E-state index contributed by atoms with van der Waals surface area (Å²) in [7, 11) is 1.36. The van der Waals surface area contributed by atoms with Crippen LogP contribution >= 0.6 is 0 Å². The van der Waals surface area contributed by atoms with Gasteiger partial charge in [-0.25, -0.2) is 4.79 Å². The third kappa shape index (κ3) is 4.71. The smallest absolute Gasteiger partial charge is 0.330 e. The van der Waals surface area contributed by atoms with Crippen molar-refractivity contribution >= 4 is 5.97 Å². The molecule has 0 aliphatic carbocycles. The monoisotopic (exact) mass is 240 g/mol. The molecule has 0 aromatic heterocycles. The highest BCUT2D eigenvalue weighted by molar-refractivity contribution is 5.81. The molecule has 0 spiro atoms. The molecular weight excluding hydrogens is 220 g/mol. The Hall–Kier alpha value is -1.13. The molecule has 0 amide bonds. The summed E-state index contributed by atoms with van der Waals surface area (Å²) in [4.78, 5) is 10.9. The Morgan fingerprint density at radius 3 is 2.82 bits per heavy atom. The zero-order chi connectivity index (χ0) is 12.9. The van der Waals surface area contributed by atoms with Gasteiger partial charge in [0.1, 0.15) is 0 Å². The van der Waals surface area contributed by atoms with Crippen LogP contribution in [0, 0.1) is 0 Å². The first kappa shape index (κ1) is 13.9. The van der Waals surface area contributed by atoms with Gasteiger partial charge in [0.2, 0.25) is 0 Å². The second kappa shape index (κ2) is 5.98. The van der Waals surface area contributed by atoms with Gasteiger partial charge in [-0.3, -0.25) is 0 Å². The minimum atomic E-state index is -0.610. The third-order valence-corrected chi connectivity index (χ3v) is 2.50. The van der Waals surface area contributed by atoms with Crippen LogP contribution < -0.4 is 0 Å². The highest BCUT2D eigenvalue weighted by atomic mass is 16.7. The quantitative estimate of drug-likeness (QED) is 0.429. The van der Waals surface area contributed by atoms with Crippen molar-refractivity contribution < 1.29 is 19.0 Å². The molecule has 1 heterocycles. The van der Waals surface area contributed by atoms with E-state index in [-0.39, 0.29) is 18.2 Å². The third-order valence-electron chi connectivity index (χ3n) is 2.50. The van der Waals surface area contributed by atoms with Crippen molar-refractivity contribution in [3.63, 3.8) is 0 Å². The van der Waals surface area contributed by atoms with E-state index >= 15 is 0 Å². The molecule has 2 atom stereocenters. The molecule has 0 bridgehead atoms. The predicted molar refractivity (Wildman–Crippen MR) is 64.4 cm³/mol. The maximum atomic E-state index is 10.9.